The first kappa shape index (κ1) is 30.4. The number of likely N-dealkylation sites (N-methyl/N-ethyl adjacent to an activating group) is 2. The van der Waals surface area contributed by atoms with Gasteiger partial charge in [0.05, 0.1) is 29.9 Å². The lowest BCUT2D eigenvalue weighted by Crippen LogP contribution is -2.39. The van der Waals surface area contributed by atoms with Crippen LogP contribution < -0.4 is 14.5 Å². The van der Waals surface area contributed by atoms with E-state index in [2.05, 4.69) is 59.6 Å². The Balaban J connectivity index is 1.31. The molecule has 0 bridgehead atoms. The van der Waals surface area contributed by atoms with Crippen LogP contribution in [0.25, 0.3) is 10.8 Å². The normalized spacial score (nSPS) is 20.5. The van der Waals surface area contributed by atoms with Crippen molar-refractivity contribution in [2.75, 3.05) is 63.8 Å². The highest BCUT2D eigenvalue weighted by molar-refractivity contribution is 6.36. The number of nitrogens with zero attached hydrogens (tertiary/aromatic N) is 6. The van der Waals surface area contributed by atoms with Gasteiger partial charge in [0.15, 0.2) is 0 Å². The molecule has 0 aliphatic carbocycles. The van der Waals surface area contributed by atoms with Crippen molar-refractivity contribution >= 4 is 39.8 Å². The van der Waals surface area contributed by atoms with Crippen LogP contribution in [0.5, 0.6) is 6.01 Å². The Hall–Kier alpha value is -3.66. The molecule has 1 unspecified atom stereocenters. The number of hydrogen-bond acceptors (Lipinski definition) is 8. The lowest BCUT2D eigenvalue weighted by Gasteiger charge is -2.35. The van der Waals surface area contributed by atoms with Gasteiger partial charge >= 0.3 is 6.01 Å². The summed E-state index contributed by atoms with van der Waals surface area (Å²) in [6, 6.07) is 12.9. The van der Waals surface area contributed by atoms with E-state index < -0.39 is 0 Å². The number of anilines is 2. The standard InChI is InChI=1S/C34H41ClN6O3/c1-23(29-13-7-17-38(29)2)44-34-36-28-22-40(30-12-6-10-24-9-5-11-27(35)32(24)30)19-16-26(28)33(37-34)39(3)25-15-18-41(21-25)31(42)14-8-20-43-4/h5-6,8-12,14,25,29H,1,7,13,15-22H2,2-4H3/b14-8+/t25?,29-/m0/s1. The minimum Gasteiger partial charge on any atom is -0.428 e. The lowest BCUT2D eigenvalue weighted by molar-refractivity contribution is -0.125. The number of carbonyl (C=O) groups excluding carboxylic acids is 1. The number of halogens is 1. The molecular formula is C34H41ClN6O3. The molecule has 2 atom stereocenters. The number of carbonyl (C=O) groups is 1. The monoisotopic (exact) mass is 616 g/mol. The third-order valence-corrected chi connectivity index (χ3v) is 9.50. The van der Waals surface area contributed by atoms with E-state index in [0.717, 1.165) is 77.3 Å². The van der Waals surface area contributed by atoms with Crippen LogP contribution in [0.1, 0.15) is 30.5 Å². The molecule has 3 aliphatic rings. The Kier molecular flexibility index (Phi) is 9.07. The van der Waals surface area contributed by atoms with Crippen molar-refractivity contribution in [3.05, 3.63) is 77.2 Å². The summed E-state index contributed by atoms with van der Waals surface area (Å²) < 4.78 is 11.4. The Bertz CT molecular complexity index is 1570. The van der Waals surface area contributed by atoms with Gasteiger partial charge in [0.1, 0.15) is 11.6 Å². The van der Waals surface area contributed by atoms with Gasteiger partial charge in [-0.25, -0.2) is 0 Å². The van der Waals surface area contributed by atoms with E-state index in [0.29, 0.717) is 38.0 Å². The summed E-state index contributed by atoms with van der Waals surface area (Å²) in [5, 5.41) is 2.91. The van der Waals surface area contributed by atoms with Gasteiger partial charge in [-0.2, -0.15) is 9.97 Å². The van der Waals surface area contributed by atoms with E-state index in [-0.39, 0.29) is 18.0 Å². The first-order valence-corrected chi connectivity index (χ1v) is 15.8. The molecule has 4 heterocycles. The van der Waals surface area contributed by atoms with Crippen LogP contribution in [0.15, 0.2) is 60.9 Å². The van der Waals surface area contributed by atoms with Gasteiger partial charge in [0.2, 0.25) is 5.91 Å². The Morgan fingerprint density at radius 2 is 1.98 bits per heavy atom. The number of ether oxygens (including phenoxy) is 2. The highest BCUT2D eigenvalue weighted by atomic mass is 35.5. The average molecular weight is 617 g/mol. The molecule has 2 fully saturated rings. The molecule has 2 aromatic carbocycles. The predicted octanol–water partition coefficient (Wildman–Crippen LogP) is 5.07. The van der Waals surface area contributed by atoms with Crippen LogP contribution in [-0.2, 0) is 22.5 Å². The SMILES string of the molecule is C=C(Oc1nc2c(c(N(C)C3CCN(C(=O)/C=C/COC)C3)n1)CCN(c1cccc3cccc(Cl)c13)C2)[C@@H]1CCCN1C. The molecule has 0 N–H and O–H groups in total. The molecule has 0 spiro atoms. The zero-order valence-electron chi connectivity index (χ0n) is 25.8. The maximum absolute atomic E-state index is 12.8. The summed E-state index contributed by atoms with van der Waals surface area (Å²) in [6.45, 7) is 8.45. The molecule has 1 amide bonds. The van der Waals surface area contributed by atoms with Gasteiger partial charge in [0, 0.05) is 62.5 Å². The highest BCUT2D eigenvalue weighted by Gasteiger charge is 2.33. The highest BCUT2D eigenvalue weighted by Crippen LogP contribution is 2.37. The maximum Gasteiger partial charge on any atom is 0.323 e. The van der Waals surface area contributed by atoms with E-state index >= 15 is 0 Å². The summed E-state index contributed by atoms with van der Waals surface area (Å²) >= 11 is 6.72. The topological polar surface area (TPSA) is 74.3 Å². The van der Waals surface area contributed by atoms with Crippen LogP contribution in [-0.4, -0.2) is 91.7 Å². The van der Waals surface area contributed by atoms with Crippen LogP contribution >= 0.6 is 11.6 Å². The van der Waals surface area contributed by atoms with Crippen molar-refractivity contribution in [2.24, 2.45) is 0 Å². The third-order valence-electron chi connectivity index (χ3n) is 9.19. The number of aromatic nitrogens is 2. The van der Waals surface area contributed by atoms with Gasteiger partial charge < -0.3 is 24.2 Å². The number of fused-ring (bicyclic) bond motifs is 2. The molecule has 3 aliphatic heterocycles. The quantitative estimate of drug-likeness (QED) is 0.244. The average Bonchev–Trinajstić information content (AvgIpc) is 3.70. The summed E-state index contributed by atoms with van der Waals surface area (Å²) in [4.78, 5) is 31.5. The van der Waals surface area contributed by atoms with E-state index in [1.165, 1.54) is 0 Å². The van der Waals surface area contributed by atoms with Crippen molar-refractivity contribution in [1.29, 1.82) is 0 Å². The summed E-state index contributed by atoms with van der Waals surface area (Å²) in [5.41, 5.74) is 3.15. The number of rotatable bonds is 9. The zero-order valence-corrected chi connectivity index (χ0v) is 26.6. The molecular weight excluding hydrogens is 576 g/mol. The number of hydrogen-bond donors (Lipinski definition) is 0. The Morgan fingerprint density at radius 3 is 2.75 bits per heavy atom. The smallest absolute Gasteiger partial charge is 0.323 e. The maximum atomic E-state index is 12.8. The van der Waals surface area contributed by atoms with Gasteiger partial charge in [-0.05, 0) is 56.8 Å². The van der Waals surface area contributed by atoms with Crippen molar-refractivity contribution in [2.45, 2.75) is 44.3 Å². The zero-order chi connectivity index (χ0) is 30.8. The molecule has 9 nitrogen and oxygen atoms in total. The molecule has 3 aromatic rings. The van der Waals surface area contributed by atoms with Gasteiger partial charge in [-0.15, -0.1) is 0 Å². The molecule has 0 saturated carbocycles. The van der Waals surface area contributed by atoms with Crippen molar-refractivity contribution in [3.8, 4) is 6.01 Å². The van der Waals surface area contributed by atoms with E-state index in [4.69, 9.17) is 31.0 Å². The molecule has 6 rings (SSSR count). The second-order valence-corrected chi connectivity index (χ2v) is 12.4. The summed E-state index contributed by atoms with van der Waals surface area (Å²) in [5.74, 6) is 1.54. The molecule has 44 heavy (non-hydrogen) atoms. The fourth-order valence-corrected chi connectivity index (χ4v) is 7.03. The fraction of sp³-hybridized carbons (Fsp3) is 0.441. The second kappa shape index (κ2) is 13.1. The number of methoxy groups -OCH3 is 1. The first-order chi connectivity index (χ1) is 21.3. The lowest BCUT2D eigenvalue weighted by atomic mass is 10.0. The van der Waals surface area contributed by atoms with E-state index in [9.17, 15) is 4.79 Å². The molecule has 2 saturated heterocycles. The Morgan fingerprint density at radius 1 is 1.16 bits per heavy atom. The van der Waals surface area contributed by atoms with Crippen molar-refractivity contribution in [1.82, 2.24) is 19.8 Å². The molecule has 1 aromatic heterocycles. The second-order valence-electron chi connectivity index (χ2n) is 11.9. The largest absolute Gasteiger partial charge is 0.428 e. The van der Waals surface area contributed by atoms with Gasteiger partial charge in [-0.3, -0.25) is 9.69 Å². The van der Waals surface area contributed by atoms with Gasteiger partial charge in [0.25, 0.3) is 0 Å². The van der Waals surface area contributed by atoms with Crippen LogP contribution in [0, 0.1) is 0 Å². The molecule has 232 valence electrons. The molecule has 10 heteroatoms. The van der Waals surface area contributed by atoms with Gasteiger partial charge in [-0.1, -0.05) is 48.5 Å². The fourth-order valence-electron chi connectivity index (χ4n) is 6.76. The first-order valence-electron chi connectivity index (χ1n) is 15.4. The summed E-state index contributed by atoms with van der Waals surface area (Å²) in [7, 11) is 5.79. The number of amides is 1. The third kappa shape index (κ3) is 6.14. The van der Waals surface area contributed by atoms with Crippen LogP contribution in [0.2, 0.25) is 5.02 Å². The molecule has 0 radical (unpaired) electrons. The minimum atomic E-state index is 0.00746. The minimum absolute atomic E-state index is 0.00746. The van der Waals surface area contributed by atoms with E-state index in [1.807, 2.05) is 17.0 Å². The van der Waals surface area contributed by atoms with E-state index in [1.54, 1.807) is 19.3 Å². The van der Waals surface area contributed by atoms with Crippen LogP contribution in [0.3, 0.4) is 0 Å². The van der Waals surface area contributed by atoms with Crippen LogP contribution in [0.4, 0.5) is 11.5 Å². The predicted molar refractivity (Wildman–Crippen MR) is 176 cm³/mol. The van der Waals surface area contributed by atoms with Crippen molar-refractivity contribution in [3.63, 3.8) is 0 Å². The Labute approximate surface area is 264 Å². The number of benzene rings is 2. The van der Waals surface area contributed by atoms with Crippen molar-refractivity contribution < 1.29 is 14.3 Å². The number of likely N-dealkylation sites (tertiary alicyclic amines) is 2. The summed E-state index contributed by atoms with van der Waals surface area (Å²) in [6.07, 6.45) is 7.11.